The standard InChI is InChI=1S/C10H12N2O2S/c11-6-10(1-3-14-4-2-10)9(13)8-5-15-7-12-8/h5,7,9,13H,1-4H2. The summed E-state index contributed by atoms with van der Waals surface area (Å²) in [4.78, 5) is 4.06. The predicted molar refractivity (Wildman–Crippen MR) is 55.2 cm³/mol. The summed E-state index contributed by atoms with van der Waals surface area (Å²) in [6.07, 6.45) is 0.349. The van der Waals surface area contributed by atoms with Crippen LogP contribution in [0.1, 0.15) is 24.6 Å². The summed E-state index contributed by atoms with van der Waals surface area (Å²) in [5.74, 6) is 0. The van der Waals surface area contributed by atoms with Crippen LogP contribution >= 0.6 is 11.3 Å². The van der Waals surface area contributed by atoms with Gasteiger partial charge in [0.05, 0.1) is 22.7 Å². The van der Waals surface area contributed by atoms with E-state index in [0.717, 1.165) is 0 Å². The lowest BCUT2D eigenvalue weighted by Gasteiger charge is -2.33. The summed E-state index contributed by atoms with van der Waals surface area (Å²) in [6.45, 7) is 1.07. The Hall–Kier alpha value is -0.960. The molecule has 5 heteroatoms. The fraction of sp³-hybridized carbons (Fsp3) is 0.600. The van der Waals surface area contributed by atoms with Crippen molar-refractivity contribution in [2.45, 2.75) is 18.9 Å². The van der Waals surface area contributed by atoms with E-state index in [1.807, 2.05) is 0 Å². The van der Waals surface area contributed by atoms with Crippen molar-refractivity contribution in [3.05, 3.63) is 16.6 Å². The van der Waals surface area contributed by atoms with Crippen LogP contribution in [0.25, 0.3) is 0 Å². The van der Waals surface area contributed by atoms with E-state index in [-0.39, 0.29) is 0 Å². The number of thiazole rings is 1. The van der Waals surface area contributed by atoms with Gasteiger partial charge < -0.3 is 9.84 Å². The van der Waals surface area contributed by atoms with Gasteiger partial charge in [0.25, 0.3) is 0 Å². The molecule has 1 aromatic rings. The maximum atomic E-state index is 10.2. The summed E-state index contributed by atoms with van der Waals surface area (Å²) in [6, 6.07) is 2.24. The van der Waals surface area contributed by atoms with Crippen LogP contribution in [0.2, 0.25) is 0 Å². The fourth-order valence-corrected chi connectivity index (χ4v) is 2.39. The van der Waals surface area contributed by atoms with Gasteiger partial charge in [-0.05, 0) is 12.8 Å². The third-order valence-corrected chi connectivity index (χ3v) is 3.47. The Kier molecular flexibility index (Phi) is 3.00. The van der Waals surface area contributed by atoms with Crippen molar-refractivity contribution >= 4 is 11.3 Å². The van der Waals surface area contributed by atoms with Gasteiger partial charge in [0, 0.05) is 18.6 Å². The van der Waals surface area contributed by atoms with Crippen molar-refractivity contribution < 1.29 is 9.84 Å². The van der Waals surface area contributed by atoms with Gasteiger partial charge in [-0.15, -0.1) is 11.3 Å². The highest BCUT2D eigenvalue weighted by Crippen LogP contribution is 2.41. The van der Waals surface area contributed by atoms with E-state index >= 15 is 0 Å². The molecule has 1 aliphatic heterocycles. The van der Waals surface area contributed by atoms with E-state index in [1.54, 1.807) is 10.9 Å². The van der Waals surface area contributed by atoms with E-state index < -0.39 is 11.5 Å². The molecule has 1 aliphatic rings. The molecule has 0 aliphatic carbocycles. The van der Waals surface area contributed by atoms with Gasteiger partial charge in [-0.3, -0.25) is 0 Å². The van der Waals surface area contributed by atoms with Crippen LogP contribution in [0, 0.1) is 16.7 Å². The Morgan fingerprint density at radius 3 is 2.87 bits per heavy atom. The maximum absolute atomic E-state index is 10.2. The average Bonchev–Trinajstić information content (AvgIpc) is 2.82. The highest BCUT2D eigenvalue weighted by atomic mass is 32.1. The zero-order valence-electron chi connectivity index (χ0n) is 8.22. The smallest absolute Gasteiger partial charge is 0.116 e. The molecule has 1 unspecified atom stereocenters. The van der Waals surface area contributed by atoms with Gasteiger partial charge in [-0.1, -0.05) is 0 Å². The molecule has 0 aromatic carbocycles. The van der Waals surface area contributed by atoms with E-state index in [0.29, 0.717) is 31.7 Å². The van der Waals surface area contributed by atoms with Gasteiger partial charge in [0.15, 0.2) is 0 Å². The second-order valence-corrected chi connectivity index (χ2v) is 4.41. The molecule has 1 saturated heterocycles. The molecule has 1 fully saturated rings. The van der Waals surface area contributed by atoms with Crippen molar-refractivity contribution in [1.29, 1.82) is 5.26 Å². The molecular weight excluding hydrogens is 212 g/mol. The minimum Gasteiger partial charge on any atom is -0.385 e. The summed E-state index contributed by atoms with van der Waals surface area (Å²) < 4.78 is 5.21. The number of aliphatic hydroxyl groups excluding tert-OH is 1. The van der Waals surface area contributed by atoms with Crippen LogP contribution < -0.4 is 0 Å². The van der Waals surface area contributed by atoms with Crippen LogP contribution in [0.3, 0.4) is 0 Å². The minimum absolute atomic E-state index is 0.536. The van der Waals surface area contributed by atoms with Crippen LogP contribution in [0.5, 0.6) is 0 Å². The molecule has 80 valence electrons. The summed E-state index contributed by atoms with van der Waals surface area (Å²) in [5, 5.41) is 21.2. The SMILES string of the molecule is N#CC1(C(O)c2cscn2)CCOCC1. The summed E-state index contributed by atoms with van der Waals surface area (Å²) in [5.41, 5.74) is 1.55. The van der Waals surface area contributed by atoms with Gasteiger partial charge in [-0.2, -0.15) is 5.26 Å². The molecule has 0 saturated carbocycles. The van der Waals surface area contributed by atoms with Crippen molar-refractivity contribution in [2.24, 2.45) is 5.41 Å². The second-order valence-electron chi connectivity index (χ2n) is 3.70. The zero-order chi connectivity index (χ0) is 10.7. The molecule has 0 radical (unpaired) electrons. The van der Waals surface area contributed by atoms with Crippen LogP contribution in [-0.2, 0) is 4.74 Å². The molecule has 2 rings (SSSR count). The number of aromatic nitrogens is 1. The van der Waals surface area contributed by atoms with E-state index in [9.17, 15) is 10.4 Å². The quantitative estimate of drug-likeness (QED) is 0.826. The Morgan fingerprint density at radius 1 is 1.60 bits per heavy atom. The average molecular weight is 224 g/mol. The molecule has 1 aromatic heterocycles. The molecule has 1 N–H and O–H groups in total. The third kappa shape index (κ3) is 1.88. The number of aliphatic hydroxyl groups is 1. The van der Waals surface area contributed by atoms with Gasteiger partial charge >= 0.3 is 0 Å². The molecule has 2 heterocycles. The number of nitriles is 1. The molecule has 4 nitrogen and oxygen atoms in total. The Labute approximate surface area is 92.1 Å². The molecular formula is C10H12N2O2S. The minimum atomic E-state index is -0.794. The van der Waals surface area contributed by atoms with E-state index in [1.165, 1.54) is 11.3 Å². The predicted octanol–water partition coefficient (Wildman–Crippen LogP) is 1.50. The third-order valence-electron chi connectivity index (χ3n) is 2.86. The monoisotopic (exact) mass is 224 g/mol. The topological polar surface area (TPSA) is 66.1 Å². The highest BCUT2D eigenvalue weighted by Gasteiger charge is 2.41. The van der Waals surface area contributed by atoms with Crippen molar-refractivity contribution in [1.82, 2.24) is 4.98 Å². The number of hydrogen-bond acceptors (Lipinski definition) is 5. The Balaban J connectivity index is 2.23. The molecule has 0 spiro atoms. The second kappa shape index (κ2) is 4.27. The fourth-order valence-electron chi connectivity index (χ4n) is 1.82. The molecule has 15 heavy (non-hydrogen) atoms. The number of rotatable bonds is 2. The Morgan fingerprint density at radius 2 is 2.33 bits per heavy atom. The van der Waals surface area contributed by atoms with Crippen molar-refractivity contribution in [3.63, 3.8) is 0 Å². The number of hydrogen-bond donors (Lipinski definition) is 1. The van der Waals surface area contributed by atoms with E-state index in [4.69, 9.17) is 4.74 Å². The maximum Gasteiger partial charge on any atom is 0.116 e. The van der Waals surface area contributed by atoms with Crippen LogP contribution in [0.4, 0.5) is 0 Å². The first-order valence-corrected chi connectivity index (χ1v) is 5.78. The first-order chi connectivity index (χ1) is 7.28. The van der Waals surface area contributed by atoms with Crippen LogP contribution in [-0.4, -0.2) is 23.3 Å². The van der Waals surface area contributed by atoms with Crippen molar-refractivity contribution in [2.75, 3.05) is 13.2 Å². The van der Waals surface area contributed by atoms with Crippen molar-refractivity contribution in [3.8, 4) is 6.07 Å². The first-order valence-electron chi connectivity index (χ1n) is 4.84. The van der Waals surface area contributed by atoms with E-state index in [2.05, 4.69) is 11.1 Å². The molecule has 0 bridgehead atoms. The zero-order valence-corrected chi connectivity index (χ0v) is 9.04. The Bertz CT molecular complexity index is 352. The van der Waals surface area contributed by atoms with Gasteiger partial charge in [0.1, 0.15) is 6.10 Å². The largest absolute Gasteiger partial charge is 0.385 e. The van der Waals surface area contributed by atoms with Crippen LogP contribution in [0.15, 0.2) is 10.9 Å². The first kappa shape index (κ1) is 10.6. The lowest BCUT2D eigenvalue weighted by Crippen LogP contribution is -2.34. The van der Waals surface area contributed by atoms with Gasteiger partial charge in [-0.25, -0.2) is 4.98 Å². The summed E-state index contributed by atoms with van der Waals surface area (Å²) in [7, 11) is 0. The lowest BCUT2D eigenvalue weighted by atomic mass is 9.75. The normalized spacial score (nSPS) is 21.9. The molecule has 0 amide bonds. The highest BCUT2D eigenvalue weighted by molar-refractivity contribution is 7.07. The van der Waals surface area contributed by atoms with Gasteiger partial charge in [0.2, 0.25) is 0 Å². The summed E-state index contributed by atoms with van der Waals surface area (Å²) >= 11 is 1.43. The number of ether oxygens (including phenoxy) is 1. The molecule has 1 atom stereocenters. The number of nitrogens with zero attached hydrogens (tertiary/aromatic N) is 2. The lowest BCUT2D eigenvalue weighted by molar-refractivity contribution is -0.0324.